The molecule has 0 saturated carbocycles. The highest BCUT2D eigenvalue weighted by Crippen LogP contribution is 2.31. The summed E-state index contributed by atoms with van der Waals surface area (Å²) in [6, 6.07) is 15.5. The van der Waals surface area contributed by atoms with Crippen LogP contribution in [-0.4, -0.2) is 16.6 Å². The van der Waals surface area contributed by atoms with Gasteiger partial charge in [0.25, 0.3) is 0 Å². The van der Waals surface area contributed by atoms with E-state index in [9.17, 15) is 4.79 Å². The molecule has 0 unspecified atom stereocenters. The third-order valence-corrected chi connectivity index (χ3v) is 5.05. The minimum Gasteiger partial charge on any atom is -0.326 e. The van der Waals surface area contributed by atoms with Crippen molar-refractivity contribution in [1.82, 2.24) is 4.98 Å². The minimum absolute atomic E-state index is 0.0638. The first-order chi connectivity index (χ1) is 13.5. The zero-order chi connectivity index (χ0) is 19.7. The zero-order valence-electron chi connectivity index (χ0n) is 15.8. The number of hydrogen-bond donors (Lipinski definition) is 1. The smallest absolute Gasteiger partial charge is 0.228 e. The van der Waals surface area contributed by atoms with E-state index in [0.717, 1.165) is 33.8 Å². The number of fused-ring (bicyclic) bond motifs is 1. The van der Waals surface area contributed by atoms with Gasteiger partial charge in [-0.1, -0.05) is 47.5 Å². The number of halogens is 1. The molecule has 5 heteroatoms. The van der Waals surface area contributed by atoms with E-state index in [-0.39, 0.29) is 5.91 Å². The van der Waals surface area contributed by atoms with Crippen LogP contribution in [0.3, 0.4) is 0 Å². The fourth-order valence-electron chi connectivity index (χ4n) is 3.28. The van der Waals surface area contributed by atoms with Gasteiger partial charge in [0.05, 0.1) is 12.1 Å². The molecular formula is C23H20ClN3O. The minimum atomic E-state index is -0.0638. The Morgan fingerprint density at radius 3 is 2.64 bits per heavy atom. The highest BCUT2D eigenvalue weighted by atomic mass is 35.5. The number of carbonyl (C=O) groups is 1. The Labute approximate surface area is 169 Å². The Morgan fingerprint density at radius 2 is 1.86 bits per heavy atom. The molecule has 1 aromatic heterocycles. The number of rotatable bonds is 4. The van der Waals surface area contributed by atoms with Gasteiger partial charge in [-0.05, 0) is 43.2 Å². The van der Waals surface area contributed by atoms with Crippen LogP contribution >= 0.6 is 11.6 Å². The summed E-state index contributed by atoms with van der Waals surface area (Å²) in [4.78, 5) is 21.4. The Balaban J connectivity index is 1.51. The first-order valence-electron chi connectivity index (χ1n) is 9.16. The number of aromatic nitrogens is 1. The summed E-state index contributed by atoms with van der Waals surface area (Å²) in [5.41, 5.74) is 6.76. The van der Waals surface area contributed by atoms with Crippen LogP contribution < -0.4 is 5.32 Å². The molecule has 4 rings (SSSR count). The van der Waals surface area contributed by atoms with Gasteiger partial charge in [0.15, 0.2) is 5.82 Å². The van der Waals surface area contributed by atoms with E-state index in [4.69, 9.17) is 11.6 Å². The third kappa shape index (κ3) is 3.97. The van der Waals surface area contributed by atoms with Crippen molar-refractivity contribution in [2.45, 2.75) is 26.7 Å². The van der Waals surface area contributed by atoms with Crippen LogP contribution in [0.25, 0.3) is 0 Å². The summed E-state index contributed by atoms with van der Waals surface area (Å²) in [7, 11) is 0. The van der Waals surface area contributed by atoms with E-state index in [1.165, 1.54) is 5.56 Å². The molecule has 3 aromatic rings. The third-order valence-electron chi connectivity index (χ3n) is 4.72. The zero-order valence-corrected chi connectivity index (χ0v) is 16.5. The van der Waals surface area contributed by atoms with Gasteiger partial charge in [-0.15, -0.1) is 0 Å². The number of nitrogens with zero attached hydrogens (tertiary/aromatic N) is 2. The van der Waals surface area contributed by atoms with Crippen LogP contribution in [0.1, 0.15) is 27.8 Å². The van der Waals surface area contributed by atoms with Gasteiger partial charge in [-0.2, -0.15) is 0 Å². The average Bonchev–Trinajstić information content (AvgIpc) is 3.08. The SMILES string of the molecule is Cc1ccc(CC(=O)Nc2ccc(Cl)c(C3=Nc4ncc(C)cc4C3)c2)cc1. The van der Waals surface area contributed by atoms with Gasteiger partial charge in [-0.25, -0.2) is 9.98 Å². The summed E-state index contributed by atoms with van der Waals surface area (Å²) >= 11 is 6.42. The van der Waals surface area contributed by atoms with Crippen molar-refractivity contribution in [3.63, 3.8) is 0 Å². The van der Waals surface area contributed by atoms with Gasteiger partial charge in [-0.3, -0.25) is 4.79 Å². The quantitative estimate of drug-likeness (QED) is 0.665. The number of anilines is 1. The fourth-order valence-corrected chi connectivity index (χ4v) is 3.50. The maximum Gasteiger partial charge on any atom is 0.228 e. The molecule has 0 radical (unpaired) electrons. The molecule has 28 heavy (non-hydrogen) atoms. The predicted molar refractivity (Wildman–Crippen MR) is 114 cm³/mol. The molecule has 0 saturated heterocycles. The van der Waals surface area contributed by atoms with Gasteiger partial charge in [0, 0.05) is 34.5 Å². The lowest BCUT2D eigenvalue weighted by Gasteiger charge is -2.10. The second-order valence-corrected chi connectivity index (χ2v) is 7.54. The average molecular weight is 390 g/mol. The van der Waals surface area contributed by atoms with Crippen LogP contribution in [0.15, 0.2) is 59.7 Å². The maximum absolute atomic E-state index is 12.4. The number of nitrogens with one attached hydrogen (secondary N) is 1. The molecule has 0 fully saturated rings. The second kappa shape index (κ2) is 7.56. The molecule has 0 atom stereocenters. The fraction of sp³-hybridized carbons (Fsp3) is 0.174. The molecule has 2 aromatic carbocycles. The van der Waals surface area contributed by atoms with Crippen LogP contribution in [0.5, 0.6) is 0 Å². The van der Waals surface area contributed by atoms with Crippen molar-refractivity contribution in [2.24, 2.45) is 4.99 Å². The first kappa shape index (κ1) is 18.4. The van der Waals surface area contributed by atoms with E-state index < -0.39 is 0 Å². The van der Waals surface area contributed by atoms with E-state index in [1.807, 2.05) is 56.4 Å². The molecular weight excluding hydrogens is 370 g/mol. The molecule has 0 aliphatic carbocycles. The van der Waals surface area contributed by atoms with Crippen LogP contribution in [-0.2, 0) is 17.6 Å². The molecule has 1 amide bonds. The largest absolute Gasteiger partial charge is 0.326 e. The van der Waals surface area contributed by atoms with Gasteiger partial charge < -0.3 is 5.32 Å². The van der Waals surface area contributed by atoms with Crippen molar-refractivity contribution in [1.29, 1.82) is 0 Å². The predicted octanol–water partition coefficient (Wildman–Crippen LogP) is 5.21. The number of aryl methyl sites for hydroxylation is 2. The summed E-state index contributed by atoms with van der Waals surface area (Å²) in [6.07, 6.45) is 2.83. The summed E-state index contributed by atoms with van der Waals surface area (Å²) in [6.45, 7) is 4.04. The maximum atomic E-state index is 12.4. The molecule has 1 N–H and O–H groups in total. The normalized spacial score (nSPS) is 12.5. The lowest BCUT2D eigenvalue weighted by atomic mass is 10.0. The Kier molecular flexibility index (Phi) is 4.97. The standard InChI is InChI=1S/C23H20ClN3O/c1-14-3-5-16(6-4-14)10-22(28)26-18-7-8-20(24)19(12-18)21-11-17-9-15(2)13-25-23(17)27-21/h3-9,12-13H,10-11H2,1-2H3,(H,26,28). The van der Waals surface area contributed by atoms with E-state index in [1.54, 1.807) is 6.07 Å². The summed E-state index contributed by atoms with van der Waals surface area (Å²) < 4.78 is 0. The molecule has 0 spiro atoms. The molecule has 1 aliphatic heterocycles. The van der Waals surface area contributed by atoms with Crippen molar-refractivity contribution < 1.29 is 4.79 Å². The Hall–Kier alpha value is -2.98. The van der Waals surface area contributed by atoms with Gasteiger partial charge in [0.1, 0.15) is 0 Å². The second-order valence-electron chi connectivity index (χ2n) is 7.14. The topological polar surface area (TPSA) is 54.4 Å². The van der Waals surface area contributed by atoms with Crippen molar-refractivity contribution in [3.8, 4) is 0 Å². The summed E-state index contributed by atoms with van der Waals surface area (Å²) in [5, 5.41) is 3.57. The lowest BCUT2D eigenvalue weighted by molar-refractivity contribution is -0.115. The Bertz CT molecular complexity index is 1090. The van der Waals surface area contributed by atoms with E-state index in [0.29, 0.717) is 23.6 Å². The highest BCUT2D eigenvalue weighted by Gasteiger charge is 2.20. The first-order valence-corrected chi connectivity index (χ1v) is 9.54. The number of benzene rings is 2. The van der Waals surface area contributed by atoms with E-state index >= 15 is 0 Å². The number of carbonyl (C=O) groups excluding carboxylic acids is 1. The molecule has 0 bridgehead atoms. The number of amides is 1. The van der Waals surface area contributed by atoms with Crippen molar-refractivity contribution in [2.75, 3.05) is 5.32 Å². The van der Waals surface area contributed by atoms with E-state index in [2.05, 4.69) is 21.4 Å². The lowest BCUT2D eigenvalue weighted by Crippen LogP contribution is -2.15. The monoisotopic (exact) mass is 389 g/mol. The van der Waals surface area contributed by atoms with Crippen LogP contribution in [0.4, 0.5) is 11.5 Å². The van der Waals surface area contributed by atoms with Crippen LogP contribution in [0, 0.1) is 13.8 Å². The molecule has 4 nitrogen and oxygen atoms in total. The van der Waals surface area contributed by atoms with Crippen molar-refractivity contribution >= 4 is 34.7 Å². The molecule has 140 valence electrons. The number of aliphatic imine (C=N–C) groups is 1. The van der Waals surface area contributed by atoms with Gasteiger partial charge >= 0.3 is 0 Å². The summed E-state index contributed by atoms with van der Waals surface area (Å²) in [5.74, 6) is 0.677. The van der Waals surface area contributed by atoms with Crippen molar-refractivity contribution in [3.05, 3.63) is 87.6 Å². The highest BCUT2D eigenvalue weighted by molar-refractivity contribution is 6.34. The van der Waals surface area contributed by atoms with Gasteiger partial charge in [0.2, 0.25) is 5.91 Å². The number of hydrogen-bond acceptors (Lipinski definition) is 3. The Morgan fingerprint density at radius 1 is 1.07 bits per heavy atom. The molecule has 1 aliphatic rings. The van der Waals surface area contributed by atoms with Crippen LogP contribution in [0.2, 0.25) is 5.02 Å². The number of pyridine rings is 1. The molecule has 2 heterocycles.